The zero-order valence-corrected chi connectivity index (χ0v) is 9.35. The molecule has 0 aliphatic rings. The van der Waals surface area contributed by atoms with Crippen molar-refractivity contribution in [3.05, 3.63) is 44.5 Å². The molecule has 2 rings (SSSR count). The average Bonchev–Trinajstić information content (AvgIpc) is 2.84. The molecule has 0 aliphatic heterocycles. The first-order chi connectivity index (χ1) is 7.68. The molecule has 0 radical (unpaired) electrons. The lowest BCUT2D eigenvalue weighted by atomic mass is 10.4. The van der Waals surface area contributed by atoms with Crippen molar-refractivity contribution in [2.24, 2.45) is 7.05 Å². The van der Waals surface area contributed by atoms with E-state index < -0.39 is 4.92 Å². The third kappa shape index (κ3) is 2.01. The van der Waals surface area contributed by atoms with Crippen LogP contribution < -0.4 is 0 Å². The summed E-state index contributed by atoms with van der Waals surface area (Å²) in [6.07, 6.45) is 4.91. The maximum absolute atomic E-state index is 10.6. The average molecular weight is 235 g/mol. The van der Waals surface area contributed by atoms with E-state index in [9.17, 15) is 10.1 Å². The molecule has 0 saturated carbocycles. The van der Waals surface area contributed by atoms with E-state index in [-0.39, 0.29) is 5.82 Å². The molecule has 0 spiro atoms. The predicted octanol–water partition coefficient (Wildman–Crippen LogP) is 2.56. The molecule has 0 saturated heterocycles. The van der Waals surface area contributed by atoms with E-state index >= 15 is 0 Å². The SMILES string of the molecule is Cn1c([N+](=O)[O-])cnc1/C=C/c1cccs1. The highest BCUT2D eigenvalue weighted by Crippen LogP contribution is 2.16. The van der Waals surface area contributed by atoms with Crippen molar-refractivity contribution in [1.82, 2.24) is 9.55 Å². The normalized spacial score (nSPS) is 11.1. The summed E-state index contributed by atoms with van der Waals surface area (Å²) in [5.41, 5.74) is 0. The molecule has 0 fully saturated rings. The number of rotatable bonds is 3. The molecule has 2 aromatic rings. The molecular weight excluding hydrogens is 226 g/mol. The van der Waals surface area contributed by atoms with Gasteiger partial charge in [-0.05, 0) is 22.4 Å². The molecule has 5 nitrogen and oxygen atoms in total. The van der Waals surface area contributed by atoms with Crippen molar-refractivity contribution < 1.29 is 4.92 Å². The Morgan fingerprint density at radius 2 is 2.38 bits per heavy atom. The molecule has 0 N–H and O–H groups in total. The Balaban J connectivity index is 2.26. The fraction of sp³-hybridized carbons (Fsp3) is 0.100. The number of aromatic nitrogens is 2. The van der Waals surface area contributed by atoms with E-state index in [0.29, 0.717) is 5.82 Å². The van der Waals surface area contributed by atoms with E-state index in [2.05, 4.69) is 4.98 Å². The highest BCUT2D eigenvalue weighted by molar-refractivity contribution is 7.10. The van der Waals surface area contributed by atoms with Gasteiger partial charge in [0.05, 0.1) is 7.05 Å². The lowest BCUT2D eigenvalue weighted by Crippen LogP contribution is -1.98. The summed E-state index contributed by atoms with van der Waals surface area (Å²) < 4.78 is 1.45. The zero-order chi connectivity index (χ0) is 11.5. The van der Waals surface area contributed by atoms with Gasteiger partial charge < -0.3 is 10.1 Å². The third-order valence-corrected chi connectivity index (χ3v) is 2.96. The van der Waals surface area contributed by atoms with Gasteiger partial charge in [-0.3, -0.25) is 0 Å². The molecule has 2 aromatic heterocycles. The summed E-state index contributed by atoms with van der Waals surface area (Å²) in [5.74, 6) is 0.561. The first kappa shape index (κ1) is 10.6. The van der Waals surface area contributed by atoms with Gasteiger partial charge >= 0.3 is 5.82 Å². The first-order valence-electron chi connectivity index (χ1n) is 4.56. The second-order valence-corrected chi connectivity index (χ2v) is 4.12. The van der Waals surface area contributed by atoms with Crippen LogP contribution in [0.3, 0.4) is 0 Å². The number of thiophene rings is 1. The minimum Gasteiger partial charge on any atom is -0.358 e. The number of nitrogens with zero attached hydrogens (tertiary/aromatic N) is 3. The fourth-order valence-corrected chi connectivity index (χ4v) is 1.90. The van der Waals surface area contributed by atoms with Gasteiger partial charge in [0.2, 0.25) is 5.82 Å². The molecule has 16 heavy (non-hydrogen) atoms. The van der Waals surface area contributed by atoms with Crippen molar-refractivity contribution in [2.45, 2.75) is 0 Å². The Morgan fingerprint density at radius 1 is 1.56 bits per heavy atom. The molecule has 0 amide bonds. The summed E-state index contributed by atoms with van der Waals surface area (Å²) >= 11 is 1.60. The second kappa shape index (κ2) is 4.28. The molecule has 0 aliphatic carbocycles. The minimum absolute atomic E-state index is 0.00849. The quantitative estimate of drug-likeness (QED) is 0.606. The van der Waals surface area contributed by atoms with Crippen molar-refractivity contribution in [3.63, 3.8) is 0 Å². The maximum atomic E-state index is 10.6. The smallest absolute Gasteiger partial charge is 0.342 e. The molecule has 0 aromatic carbocycles. The number of hydrogen-bond donors (Lipinski definition) is 0. The summed E-state index contributed by atoms with van der Waals surface area (Å²) in [7, 11) is 1.62. The van der Waals surface area contributed by atoms with Crippen LogP contribution >= 0.6 is 11.3 Å². The maximum Gasteiger partial charge on any atom is 0.342 e. The molecule has 2 heterocycles. The van der Waals surface area contributed by atoms with Crippen LogP contribution in [0.5, 0.6) is 0 Å². The number of imidazole rings is 1. The van der Waals surface area contributed by atoms with Crippen LogP contribution in [0.4, 0.5) is 5.82 Å². The second-order valence-electron chi connectivity index (χ2n) is 3.14. The Hall–Kier alpha value is -1.95. The molecule has 0 bridgehead atoms. The molecule has 0 unspecified atom stereocenters. The van der Waals surface area contributed by atoms with Gasteiger partial charge in [0.1, 0.15) is 6.20 Å². The third-order valence-electron chi connectivity index (χ3n) is 2.13. The van der Waals surface area contributed by atoms with Crippen LogP contribution in [-0.2, 0) is 7.05 Å². The summed E-state index contributed by atoms with van der Waals surface area (Å²) in [4.78, 5) is 15.2. The van der Waals surface area contributed by atoms with Crippen molar-refractivity contribution in [1.29, 1.82) is 0 Å². The van der Waals surface area contributed by atoms with Gasteiger partial charge in [-0.15, -0.1) is 11.3 Å². The van der Waals surface area contributed by atoms with Crippen LogP contribution in [0.25, 0.3) is 12.2 Å². The standard InChI is InChI=1S/C10H9N3O2S/c1-12-9(11-7-10(12)13(14)15)5-4-8-3-2-6-16-8/h2-7H,1H3/b5-4+. The Labute approximate surface area is 95.8 Å². The number of nitro groups is 1. The van der Waals surface area contributed by atoms with Crippen LogP contribution in [0.15, 0.2) is 23.7 Å². The fourth-order valence-electron chi connectivity index (χ4n) is 1.28. The van der Waals surface area contributed by atoms with Crippen LogP contribution in [0.2, 0.25) is 0 Å². The topological polar surface area (TPSA) is 61.0 Å². The van der Waals surface area contributed by atoms with Gasteiger partial charge in [0.25, 0.3) is 0 Å². The van der Waals surface area contributed by atoms with E-state index in [4.69, 9.17) is 0 Å². The van der Waals surface area contributed by atoms with Crippen molar-refractivity contribution in [3.8, 4) is 0 Å². The molecule has 0 atom stereocenters. The summed E-state index contributed by atoms with van der Waals surface area (Å²) in [6.45, 7) is 0. The van der Waals surface area contributed by atoms with Crippen LogP contribution in [0.1, 0.15) is 10.7 Å². The van der Waals surface area contributed by atoms with Crippen LogP contribution in [-0.4, -0.2) is 14.5 Å². The summed E-state index contributed by atoms with van der Waals surface area (Å²) in [6, 6.07) is 3.92. The Bertz CT molecular complexity index is 528. The highest BCUT2D eigenvalue weighted by Gasteiger charge is 2.13. The Morgan fingerprint density at radius 3 is 2.94 bits per heavy atom. The van der Waals surface area contributed by atoms with Gasteiger partial charge in [0, 0.05) is 11.0 Å². The van der Waals surface area contributed by atoms with Gasteiger partial charge in [0.15, 0.2) is 0 Å². The largest absolute Gasteiger partial charge is 0.358 e. The minimum atomic E-state index is -0.449. The van der Waals surface area contributed by atoms with Crippen molar-refractivity contribution in [2.75, 3.05) is 0 Å². The summed E-state index contributed by atoms with van der Waals surface area (Å²) in [5, 5.41) is 12.6. The zero-order valence-electron chi connectivity index (χ0n) is 8.53. The van der Waals surface area contributed by atoms with E-state index in [1.807, 2.05) is 23.6 Å². The lowest BCUT2D eigenvalue weighted by Gasteiger charge is -1.93. The number of hydrogen-bond acceptors (Lipinski definition) is 4. The lowest BCUT2D eigenvalue weighted by molar-refractivity contribution is -0.391. The Kier molecular flexibility index (Phi) is 2.82. The van der Waals surface area contributed by atoms with Crippen molar-refractivity contribution >= 4 is 29.3 Å². The van der Waals surface area contributed by atoms with Gasteiger partial charge in [-0.25, -0.2) is 9.55 Å². The molecule has 82 valence electrons. The predicted molar refractivity (Wildman–Crippen MR) is 63.1 cm³/mol. The monoisotopic (exact) mass is 235 g/mol. The first-order valence-corrected chi connectivity index (χ1v) is 5.44. The van der Waals surface area contributed by atoms with E-state index in [1.165, 1.54) is 10.8 Å². The van der Waals surface area contributed by atoms with Gasteiger partial charge in [-0.2, -0.15) is 0 Å². The molecular formula is C10H9N3O2S. The van der Waals surface area contributed by atoms with Crippen LogP contribution in [0, 0.1) is 10.1 Å². The highest BCUT2D eigenvalue weighted by atomic mass is 32.1. The molecule has 6 heteroatoms. The van der Waals surface area contributed by atoms with Gasteiger partial charge in [-0.1, -0.05) is 6.07 Å². The van der Waals surface area contributed by atoms with E-state index in [1.54, 1.807) is 24.5 Å². The van der Waals surface area contributed by atoms with E-state index in [0.717, 1.165) is 4.88 Å².